The lowest BCUT2D eigenvalue weighted by Crippen LogP contribution is -2.63. The molecule has 0 radical (unpaired) electrons. The molecule has 4 aliphatic rings. The molecule has 3 aliphatic carbocycles. The summed E-state index contributed by atoms with van der Waals surface area (Å²) in [7, 11) is -2.76. The van der Waals surface area contributed by atoms with Crippen molar-refractivity contribution in [2.24, 2.45) is 10.8 Å². The van der Waals surface area contributed by atoms with E-state index in [0.717, 1.165) is 25.7 Å². The SMILES string of the molecule is O=C(NC1CCC2(CCC2)CC1)NC1CC2(C1)CS(=O)(=O)C2. The van der Waals surface area contributed by atoms with Crippen LogP contribution in [0.3, 0.4) is 0 Å². The van der Waals surface area contributed by atoms with Crippen LogP contribution in [-0.2, 0) is 9.84 Å². The highest BCUT2D eigenvalue weighted by Gasteiger charge is 2.56. The van der Waals surface area contributed by atoms with Crippen LogP contribution in [0.15, 0.2) is 0 Å². The van der Waals surface area contributed by atoms with E-state index in [2.05, 4.69) is 10.6 Å². The van der Waals surface area contributed by atoms with Gasteiger partial charge in [-0.3, -0.25) is 0 Å². The molecule has 0 aromatic rings. The Labute approximate surface area is 132 Å². The zero-order chi connectivity index (χ0) is 15.4. The first kappa shape index (κ1) is 14.8. The summed E-state index contributed by atoms with van der Waals surface area (Å²) in [5.41, 5.74) is 0.628. The Morgan fingerprint density at radius 3 is 1.95 bits per heavy atom. The maximum absolute atomic E-state index is 12.1. The van der Waals surface area contributed by atoms with Gasteiger partial charge < -0.3 is 10.6 Å². The quantitative estimate of drug-likeness (QED) is 0.815. The second kappa shape index (κ2) is 4.86. The molecule has 1 aliphatic heterocycles. The fourth-order valence-corrected chi connectivity index (χ4v) is 7.43. The minimum absolute atomic E-state index is 0.00176. The molecule has 2 spiro atoms. The number of carbonyl (C=O) groups excluding carboxylic acids is 1. The van der Waals surface area contributed by atoms with Crippen LogP contribution >= 0.6 is 0 Å². The van der Waals surface area contributed by atoms with Crippen molar-refractivity contribution in [3.05, 3.63) is 0 Å². The van der Waals surface area contributed by atoms with Crippen LogP contribution in [0.5, 0.6) is 0 Å². The summed E-state index contributed by atoms with van der Waals surface area (Å²) in [4.78, 5) is 12.1. The largest absolute Gasteiger partial charge is 0.335 e. The maximum Gasteiger partial charge on any atom is 0.315 e. The lowest BCUT2D eigenvalue weighted by Gasteiger charge is -2.53. The predicted octanol–water partition coefficient (Wildman–Crippen LogP) is 1.98. The van der Waals surface area contributed by atoms with Crippen LogP contribution in [0.2, 0.25) is 0 Å². The third-order valence-corrected chi connectivity index (χ3v) is 8.65. The standard InChI is InChI=1S/C16H26N2O3S/c19-14(17-12-2-6-15(7-3-12)4-1-5-15)18-13-8-16(9-13)10-22(20,21)11-16/h12-13H,1-11H2,(H2,17,18,19). The van der Waals surface area contributed by atoms with Gasteiger partial charge in [0.05, 0.1) is 11.5 Å². The molecule has 3 saturated carbocycles. The normalized spacial score (nSPS) is 31.8. The minimum Gasteiger partial charge on any atom is -0.335 e. The summed E-state index contributed by atoms with van der Waals surface area (Å²) in [5, 5.41) is 6.13. The van der Waals surface area contributed by atoms with Crippen LogP contribution in [0.1, 0.15) is 57.8 Å². The van der Waals surface area contributed by atoms with E-state index in [1.807, 2.05) is 0 Å². The molecule has 124 valence electrons. The Balaban J connectivity index is 1.17. The highest BCUT2D eigenvalue weighted by molar-refractivity contribution is 7.92. The summed E-state index contributed by atoms with van der Waals surface area (Å²) in [6, 6.07) is 0.429. The zero-order valence-corrected chi connectivity index (χ0v) is 13.9. The van der Waals surface area contributed by atoms with Gasteiger partial charge in [0.25, 0.3) is 0 Å². The summed E-state index contributed by atoms with van der Waals surface area (Å²) in [6.07, 6.45) is 10.6. The fourth-order valence-electron chi connectivity index (χ4n) is 5.18. The zero-order valence-electron chi connectivity index (χ0n) is 13.1. The summed E-state index contributed by atoms with van der Waals surface area (Å²) < 4.78 is 22.5. The number of hydrogen-bond donors (Lipinski definition) is 2. The first-order valence-corrected chi connectivity index (χ1v) is 10.5. The summed E-state index contributed by atoms with van der Waals surface area (Å²) in [5.74, 6) is 0.648. The van der Waals surface area contributed by atoms with Crippen molar-refractivity contribution in [3.63, 3.8) is 0 Å². The molecule has 0 bridgehead atoms. The molecule has 2 N–H and O–H groups in total. The molecule has 0 unspecified atom stereocenters. The van der Waals surface area contributed by atoms with Gasteiger partial charge in [-0.2, -0.15) is 0 Å². The van der Waals surface area contributed by atoms with Crippen molar-refractivity contribution < 1.29 is 13.2 Å². The fraction of sp³-hybridized carbons (Fsp3) is 0.938. The number of amides is 2. The number of nitrogens with one attached hydrogen (secondary N) is 2. The van der Waals surface area contributed by atoms with E-state index >= 15 is 0 Å². The van der Waals surface area contributed by atoms with Crippen molar-refractivity contribution in [2.45, 2.75) is 69.9 Å². The van der Waals surface area contributed by atoms with Gasteiger partial charge in [-0.05, 0) is 56.8 Å². The van der Waals surface area contributed by atoms with E-state index in [-0.39, 0.29) is 17.5 Å². The van der Waals surface area contributed by atoms with Crippen molar-refractivity contribution in [1.29, 1.82) is 0 Å². The highest BCUT2D eigenvalue weighted by Crippen LogP contribution is 2.51. The van der Waals surface area contributed by atoms with E-state index in [1.54, 1.807) is 0 Å². The van der Waals surface area contributed by atoms with E-state index in [1.165, 1.54) is 32.1 Å². The Kier molecular flexibility index (Phi) is 3.26. The van der Waals surface area contributed by atoms with Crippen LogP contribution in [0.25, 0.3) is 0 Å². The van der Waals surface area contributed by atoms with Gasteiger partial charge in [0.2, 0.25) is 0 Å². The molecule has 4 rings (SSSR count). The van der Waals surface area contributed by atoms with Gasteiger partial charge in [-0.15, -0.1) is 0 Å². The average molecular weight is 326 g/mol. The molecule has 22 heavy (non-hydrogen) atoms. The molecular weight excluding hydrogens is 300 g/mol. The number of urea groups is 1. The lowest BCUT2D eigenvalue weighted by molar-refractivity contribution is 0.0648. The Morgan fingerprint density at radius 2 is 1.45 bits per heavy atom. The molecule has 1 heterocycles. The van der Waals surface area contributed by atoms with E-state index in [4.69, 9.17) is 0 Å². The first-order chi connectivity index (χ1) is 10.4. The summed E-state index contributed by atoms with van der Waals surface area (Å²) >= 11 is 0. The average Bonchev–Trinajstić information content (AvgIpc) is 2.33. The van der Waals surface area contributed by atoms with Gasteiger partial charge in [0.15, 0.2) is 9.84 Å². The Bertz CT molecular complexity index is 552. The smallest absolute Gasteiger partial charge is 0.315 e. The van der Waals surface area contributed by atoms with E-state index in [9.17, 15) is 13.2 Å². The highest BCUT2D eigenvalue weighted by atomic mass is 32.2. The van der Waals surface area contributed by atoms with Crippen LogP contribution in [0.4, 0.5) is 4.79 Å². The van der Waals surface area contributed by atoms with Crippen molar-refractivity contribution in [2.75, 3.05) is 11.5 Å². The third-order valence-electron chi connectivity index (χ3n) is 6.54. The van der Waals surface area contributed by atoms with Gasteiger partial charge in [0, 0.05) is 17.5 Å². The van der Waals surface area contributed by atoms with Crippen LogP contribution < -0.4 is 10.6 Å². The Morgan fingerprint density at radius 1 is 0.864 bits per heavy atom. The van der Waals surface area contributed by atoms with Gasteiger partial charge in [-0.1, -0.05) is 6.42 Å². The van der Waals surface area contributed by atoms with Crippen LogP contribution in [0, 0.1) is 10.8 Å². The monoisotopic (exact) mass is 326 g/mol. The van der Waals surface area contributed by atoms with Crippen molar-refractivity contribution >= 4 is 15.9 Å². The molecular formula is C16H26N2O3S. The van der Waals surface area contributed by atoms with Gasteiger partial charge in [0.1, 0.15) is 0 Å². The molecule has 6 heteroatoms. The number of sulfone groups is 1. The van der Waals surface area contributed by atoms with Gasteiger partial charge in [-0.25, -0.2) is 13.2 Å². The summed E-state index contributed by atoms with van der Waals surface area (Å²) in [6.45, 7) is 0. The second-order valence-corrected chi connectivity index (χ2v) is 10.4. The molecule has 1 saturated heterocycles. The molecule has 4 fully saturated rings. The van der Waals surface area contributed by atoms with E-state index < -0.39 is 9.84 Å². The molecule has 2 amide bonds. The molecule has 0 aromatic heterocycles. The predicted molar refractivity (Wildman–Crippen MR) is 84.3 cm³/mol. The lowest BCUT2D eigenvalue weighted by atomic mass is 9.60. The second-order valence-electron chi connectivity index (χ2n) is 8.38. The first-order valence-electron chi connectivity index (χ1n) is 8.65. The molecule has 5 nitrogen and oxygen atoms in total. The maximum atomic E-state index is 12.1. The van der Waals surface area contributed by atoms with Crippen molar-refractivity contribution in [3.8, 4) is 0 Å². The molecule has 0 aromatic carbocycles. The third kappa shape index (κ3) is 2.63. The minimum atomic E-state index is -2.76. The molecule has 0 atom stereocenters. The van der Waals surface area contributed by atoms with Gasteiger partial charge >= 0.3 is 6.03 Å². The Hall–Kier alpha value is -0.780. The van der Waals surface area contributed by atoms with Crippen LogP contribution in [-0.4, -0.2) is 38.0 Å². The topological polar surface area (TPSA) is 75.3 Å². The van der Waals surface area contributed by atoms with E-state index in [0.29, 0.717) is 23.0 Å². The number of hydrogen-bond acceptors (Lipinski definition) is 3. The number of rotatable bonds is 2. The van der Waals surface area contributed by atoms with Crippen molar-refractivity contribution in [1.82, 2.24) is 10.6 Å². The number of carbonyl (C=O) groups is 1.